The van der Waals surface area contributed by atoms with E-state index < -0.39 is 11.7 Å². The number of rotatable bonds is 3. The average Bonchev–Trinajstić information content (AvgIpc) is 2.56. The minimum absolute atomic E-state index is 0.0381. The van der Waals surface area contributed by atoms with Crippen molar-refractivity contribution in [3.05, 3.63) is 75.3 Å². The fourth-order valence-electron chi connectivity index (χ4n) is 2.27. The summed E-state index contributed by atoms with van der Waals surface area (Å²) in [6.45, 7) is 0. The van der Waals surface area contributed by atoms with Gasteiger partial charge in [0.25, 0.3) is 5.56 Å². The van der Waals surface area contributed by atoms with E-state index in [2.05, 4.69) is 9.97 Å². The molecular weight excluding hydrogens is 314 g/mol. The molecule has 0 fully saturated rings. The summed E-state index contributed by atoms with van der Waals surface area (Å²) in [6, 6.07) is 14.9. The molecule has 0 bridgehead atoms. The Morgan fingerprint density at radius 2 is 1.87 bits per heavy atom. The third kappa shape index (κ3) is 2.85. The Balaban J connectivity index is 2.08. The van der Waals surface area contributed by atoms with Gasteiger partial charge >= 0.3 is 0 Å². The van der Waals surface area contributed by atoms with Crippen LogP contribution in [0.25, 0.3) is 10.9 Å². The number of benzene rings is 2. The Kier molecular flexibility index (Phi) is 3.92. The van der Waals surface area contributed by atoms with Crippen molar-refractivity contribution < 1.29 is 4.79 Å². The number of fused-ring (bicyclic) bond motifs is 1. The predicted octanol–water partition coefficient (Wildman–Crippen LogP) is 3.07. The zero-order chi connectivity index (χ0) is 16.4. The second-order valence-electron chi connectivity index (χ2n) is 4.90. The standard InChI is InChI=1S/C17H10ClN3O2/c18-11-7-5-10(6-8-11)15(22)13(9-19)16-20-14-4-2-1-3-12(14)17(23)21-16/h1-8,13H,(H,20,21,23). The summed E-state index contributed by atoms with van der Waals surface area (Å²) >= 11 is 5.80. The number of Topliss-reactive ketones (excluding diaryl/α,β-unsaturated/α-hetero) is 1. The van der Waals surface area contributed by atoms with Gasteiger partial charge in [-0.25, -0.2) is 4.98 Å². The third-order valence-electron chi connectivity index (χ3n) is 3.42. The van der Waals surface area contributed by atoms with Crippen LogP contribution in [0.1, 0.15) is 22.1 Å². The Labute approximate surface area is 136 Å². The van der Waals surface area contributed by atoms with Crippen LogP contribution in [0.5, 0.6) is 0 Å². The quantitative estimate of drug-likeness (QED) is 0.750. The molecule has 1 heterocycles. The molecule has 1 N–H and O–H groups in total. The first-order valence-corrected chi connectivity index (χ1v) is 7.16. The van der Waals surface area contributed by atoms with Crippen molar-refractivity contribution in [2.24, 2.45) is 0 Å². The molecule has 5 nitrogen and oxygen atoms in total. The Morgan fingerprint density at radius 1 is 1.17 bits per heavy atom. The van der Waals surface area contributed by atoms with E-state index in [9.17, 15) is 14.9 Å². The minimum atomic E-state index is -1.19. The van der Waals surface area contributed by atoms with Gasteiger partial charge in [-0.3, -0.25) is 9.59 Å². The highest BCUT2D eigenvalue weighted by atomic mass is 35.5. The van der Waals surface area contributed by atoms with E-state index in [0.717, 1.165) is 0 Å². The maximum Gasteiger partial charge on any atom is 0.258 e. The van der Waals surface area contributed by atoms with Crippen molar-refractivity contribution in [2.45, 2.75) is 5.92 Å². The lowest BCUT2D eigenvalue weighted by Crippen LogP contribution is -2.19. The molecule has 6 heteroatoms. The summed E-state index contributed by atoms with van der Waals surface area (Å²) in [4.78, 5) is 31.4. The predicted molar refractivity (Wildman–Crippen MR) is 86.5 cm³/mol. The molecule has 1 aromatic heterocycles. The Morgan fingerprint density at radius 3 is 2.57 bits per heavy atom. The molecule has 3 aromatic rings. The fourth-order valence-corrected chi connectivity index (χ4v) is 2.39. The van der Waals surface area contributed by atoms with Gasteiger partial charge in [0.1, 0.15) is 5.82 Å². The maximum absolute atomic E-state index is 12.5. The van der Waals surface area contributed by atoms with E-state index in [1.807, 2.05) is 6.07 Å². The molecule has 2 aromatic carbocycles. The van der Waals surface area contributed by atoms with Crippen molar-refractivity contribution in [1.82, 2.24) is 9.97 Å². The number of hydrogen-bond acceptors (Lipinski definition) is 4. The molecule has 0 aliphatic rings. The summed E-state index contributed by atoms with van der Waals surface area (Å²) in [5, 5.41) is 10.3. The normalized spacial score (nSPS) is 11.8. The van der Waals surface area contributed by atoms with Gasteiger partial charge in [0.05, 0.1) is 17.0 Å². The van der Waals surface area contributed by atoms with E-state index in [1.54, 1.807) is 36.4 Å². The first-order valence-electron chi connectivity index (χ1n) is 6.78. The van der Waals surface area contributed by atoms with Crippen LogP contribution in [0, 0.1) is 11.3 Å². The van der Waals surface area contributed by atoms with E-state index >= 15 is 0 Å². The molecule has 0 spiro atoms. The molecule has 0 radical (unpaired) electrons. The zero-order valence-corrected chi connectivity index (χ0v) is 12.5. The molecule has 112 valence electrons. The van der Waals surface area contributed by atoms with Gasteiger partial charge in [-0.15, -0.1) is 0 Å². The summed E-state index contributed by atoms with van der Waals surface area (Å²) in [5.41, 5.74) is 0.391. The van der Waals surface area contributed by atoms with Crippen LogP contribution in [-0.4, -0.2) is 15.8 Å². The number of hydrogen-bond donors (Lipinski definition) is 1. The molecule has 0 aliphatic carbocycles. The SMILES string of the molecule is N#CC(C(=O)c1ccc(Cl)cc1)c1nc2ccccc2c(=O)[nH]1. The molecule has 0 saturated heterocycles. The zero-order valence-electron chi connectivity index (χ0n) is 11.8. The van der Waals surface area contributed by atoms with Crippen LogP contribution in [0.4, 0.5) is 0 Å². The van der Waals surface area contributed by atoms with Gasteiger partial charge in [0.2, 0.25) is 0 Å². The van der Waals surface area contributed by atoms with Crippen LogP contribution < -0.4 is 5.56 Å². The van der Waals surface area contributed by atoms with Crippen molar-refractivity contribution in [3.8, 4) is 6.07 Å². The Bertz CT molecular complexity index is 987. The summed E-state index contributed by atoms with van der Waals surface area (Å²) in [7, 11) is 0. The van der Waals surface area contributed by atoms with E-state index in [0.29, 0.717) is 21.5 Å². The van der Waals surface area contributed by atoms with Crippen molar-refractivity contribution >= 4 is 28.3 Å². The molecule has 1 unspecified atom stereocenters. The lowest BCUT2D eigenvalue weighted by atomic mass is 9.98. The Hall–Kier alpha value is -2.97. The van der Waals surface area contributed by atoms with Crippen molar-refractivity contribution in [1.29, 1.82) is 5.26 Å². The number of para-hydroxylation sites is 1. The largest absolute Gasteiger partial charge is 0.308 e. The number of ketones is 1. The third-order valence-corrected chi connectivity index (χ3v) is 3.68. The van der Waals surface area contributed by atoms with Gasteiger partial charge in [-0.05, 0) is 36.4 Å². The number of aromatic amines is 1. The van der Waals surface area contributed by atoms with Gasteiger partial charge in [-0.1, -0.05) is 23.7 Å². The van der Waals surface area contributed by atoms with Crippen LogP contribution in [0.2, 0.25) is 5.02 Å². The number of nitrogens with one attached hydrogen (secondary N) is 1. The van der Waals surface area contributed by atoms with Crippen LogP contribution in [-0.2, 0) is 0 Å². The fraction of sp³-hybridized carbons (Fsp3) is 0.0588. The van der Waals surface area contributed by atoms with Gasteiger partial charge < -0.3 is 4.98 Å². The van der Waals surface area contributed by atoms with E-state index in [1.165, 1.54) is 12.1 Å². The molecule has 0 amide bonds. The van der Waals surface area contributed by atoms with E-state index in [4.69, 9.17) is 11.6 Å². The molecule has 3 rings (SSSR count). The topological polar surface area (TPSA) is 86.6 Å². The minimum Gasteiger partial charge on any atom is -0.308 e. The van der Waals surface area contributed by atoms with Crippen molar-refractivity contribution in [3.63, 3.8) is 0 Å². The molecule has 23 heavy (non-hydrogen) atoms. The highest BCUT2D eigenvalue weighted by Gasteiger charge is 2.24. The van der Waals surface area contributed by atoms with Gasteiger partial charge in [0, 0.05) is 10.6 Å². The van der Waals surface area contributed by atoms with Crippen LogP contribution in [0.15, 0.2) is 53.3 Å². The van der Waals surface area contributed by atoms with Crippen LogP contribution >= 0.6 is 11.6 Å². The number of H-pyrrole nitrogens is 1. The first kappa shape index (κ1) is 14.9. The lowest BCUT2D eigenvalue weighted by Gasteiger charge is -2.08. The molecular formula is C17H10ClN3O2. The number of carbonyl (C=O) groups is 1. The summed E-state index contributed by atoms with van der Waals surface area (Å²) < 4.78 is 0. The monoisotopic (exact) mass is 323 g/mol. The number of carbonyl (C=O) groups excluding carboxylic acids is 1. The second kappa shape index (κ2) is 6.03. The maximum atomic E-state index is 12.5. The average molecular weight is 324 g/mol. The number of aromatic nitrogens is 2. The highest BCUT2D eigenvalue weighted by Crippen LogP contribution is 2.19. The summed E-state index contributed by atoms with van der Waals surface area (Å²) in [6.07, 6.45) is 0. The highest BCUT2D eigenvalue weighted by molar-refractivity contribution is 6.30. The first-order chi connectivity index (χ1) is 11.1. The summed E-state index contributed by atoms with van der Waals surface area (Å²) in [5.74, 6) is -1.59. The molecule has 0 aliphatic heterocycles. The smallest absolute Gasteiger partial charge is 0.258 e. The molecule has 1 atom stereocenters. The molecule has 0 saturated carbocycles. The number of halogens is 1. The van der Waals surface area contributed by atoms with Crippen molar-refractivity contribution in [2.75, 3.05) is 0 Å². The second-order valence-corrected chi connectivity index (χ2v) is 5.34. The van der Waals surface area contributed by atoms with E-state index in [-0.39, 0.29) is 11.4 Å². The van der Waals surface area contributed by atoms with Gasteiger partial charge in [-0.2, -0.15) is 5.26 Å². The lowest BCUT2D eigenvalue weighted by molar-refractivity contribution is 0.0976. The van der Waals surface area contributed by atoms with Gasteiger partial charge in [0.15, 0.2) is 11.7 Å². The van der Waals surface area contributed by atoms with Crippen LogP contribution in [0.3, 0.4) is 0 Å². The number of nitrogens with zero attached hydrogens (tertiary/aromatic N) is 2. The number of nitriles is 1.